The van der Waals surface area contributed by atoms with Gasteiger partial charge in [0.1, 0.15) is 0 Å². The maximum Gasteiger partial charge on any atom is 0.191 e. The highest BCUT2D eigenvalue weighted by molar-refractivity contribution is 14.0. The van der Waals surface area contributed by atoms with Gasteiger partial charge in [-0.05, 0) is 53.0 Å². The van der Waals surface area contributed by atoms with Gasteiger partial charge in [0.25, 0.3) is 0 Å². The molecule has 8 heteroatoms. The smallest absolute Gasteiger partial charge is 0.191 e. The largest absolute Gasteiger partial charge is 0.357 e. The summed E-state index contributed by atoms with van der Waals surface area (Å²) >= 11 is 0. The van der Waals surface area contributed by atoms with Crippen LogP contribution in [0.4, 0.5) is 0 Å². The Balaban J connectivity index is 0.00000450. The van der Waals surface area contributed by atoms with Gasteiger partial charge in [0.2, 0.25) is 0 Å². The fourth-order valence-corrected chi connectivity index (χ4v) is 4.35. The lowest BCUT2D eigenvalue weighted by atomic mass is 10.0. The molecular weight excluding hydrogens is 511 g/mol. The van der Waals surface area contributed by atoms with Gasteiger partial charge in [-0.1, -0.05) is 29.8 Å². The van der Waals surface area contributed by atoms with Gasteiger partial charge in [0, 0.05) is 32.2 Å². The van der Waals surface area contributed by atoms with E-state index < -0.39 is 14.6 Å². The zero-order valence-corrected chi connectivity index (χ0v) is 22.2. The molecule has 172 valence electrons. The van der Waals surface area contributed by atoms with Crippen molar-refractivity contribution in [3.05, 3.63) is 35.4 Å². The quantitative estimate of drug-likeness (QED) is 0.310. The van der Waals surface area contributed by atoms with Crippen LogP contribution in [0.5, 0.6) is 0 Å². The van der Waals surface area contributed by atoms with Crippen LogP contribution in [0.3, 0.4) is 0 Å². The second-order valence-corrected chi connectivity index (χ2v) is 11.7. The van der Waals surface area contributed by atoms with E-state index in [1.165, 1.54) is 11.1 Å². The Labute approximate surface area is 200 Å². The van der Waals surface area contributed by atoms with Crippen LogP contribution in [0.25, 0.3) is 0 Å². The number of nitrogens with one attached hydrogen (secondary N) is 2. The van der Waals surface area contributed by atoms with Crippen LogP contribution in [-0.2, 0) is 16.4 Å². The van der Waals surface area contributed by atoms with Crippen molar-refractivity contribution >= 4 is 39.8 Å². The minimum Gasteiger partial charge on any atom is -0.357 e. The first-order valence-electron chi connectivity index (χ1n) is 10.7. The fourth-order valence-electron chi connectivity index (χ4n) is 3.40. The molecule has 0 amide bonds. The molecule has 1 heterocycles. The summed E-state index contributed by atoms with van der Waals surface area (Å²) in [4.78, 5) is 7.00. The Bertz CT molecular complexity index is 783. The zero-order chi connectivity index (χ0) is 21.5. The maximum absolute atomic E-state index is 12.3. The number of piperidine rings is 1. The van der Waals surface area contributed by atoms with Crippen molar-refractivity contribution in [1.82, 2.24) is 15.5 Å². The van der Waals surface area contributed by atoms with Crippen molar-refractivity contribution in [2.24, 2.45) is 4.99 Å². The van der Waals surface area contributed by atoms with Crippen molar-refractivity contribution in [3.63, 3.8) is 0 Å². The number of hydrogen-bond acceptors (Lipinski definition) is 4. The van der Waals surface area contributed by atoms with Crippen molar-refractivity contribution in [2.75, 3.05) is 31.9 Å². The van der Waals surface area contributed by atoms with Gasteiger partial charge in [-0.2, -0.15) is 0 Å². The number of halogens is 1. The lowest BCUT2D eigenvalue weighted by Gasteiger charge is -2.33. The van der Waals surface area contributed by atoms with Gasteiger partial charge in [-0.15, -0.1) is 24.0 Å². The molecule has 1 aliphatic rings. The maximum atomic E-state index is 12.3. The molecule has 0 bridgehead atoms. The van der Waals surface area contributed by atoms with Gasteiger partial charge in [0.15, 0.2) is 15.8 Å². The van der Waals surface area contributed by atoms with E-state index in [9.17, 15) is 8.42 Å². The Morgan fingerprint density at radius 3 is 2.47 bits per heavy atom. The Hall–Kier alpha value is -0.870. The van der Waals surface area contributed by atoms with Gasteiger partial charge < -0.3 is 10.6 Å². The van der Waals surface area contributed by atoms with Crippen LogP contribution in [0.1, 0.15) is 51.7 Å². The van der Waals surface area contributed by atoms with Gasteiger partial charge >= 0.3 is 0 Å². The number of hydrogen-bond donors (Lipinski definition) is 2. The van der Waals surface area contributed by atoms with Crippen LogP contribution in [0, 0.1) is 6.92 Å². The minimum absolute atomic E-state index is 0. The van der Waals surface area contributed by atoms with Crippen LogP contribution < -0.4 is 10.6 Å². The molecule has 0 saturated carbocycles. The molecule has 0 aliphatic carbocycles. The summed E-state index contributed by atoms with van der Waals surface area (Å²) in [6.45, 7) is 13.5. The van der Waals surface area contributed by atoms with Crippen molar-refractivity contribution < 1.29 is 8.42 Å². The molecule has 1 fully saturated rings. The second-order valence-electron chi connectivity index (χ2n) is 8.88. The molecular formula is C22H39IN4O2S. The van der Waals surface area contributed by atoms with Gasteiger partial charge in [0.05, 0.1) is 17.0 Å². The molecule has 1 aromatic rings. The first-order chi connectivity index (χ1) is 13.6. The molecule has 30 heavy (non-hydrogen) atoms. The van der Waals surface area contributed by atoms with E-state index in [4.69, 9.17) is 0 Å². The van der Waals surface area contributed by atoms with Crippen LogP contribution in [0.15, 0.2) is 29.3 Å². The molecule has 2 N–H and O–H groups in total. The Morgan fingerprint density at radius 2 is 1.90 bits per heavy atom. The molecule has 0 aromatic heterocycles. The number of guanidine groups is 1. The lowest BCUT2D eigenvalue weighted by molar-refractivity contribution is 0.198. The highest BCUT2D eigenvalue weighted by Gasteiger charge is 2.28. The normalized spacial score (nSPS) is 16.8. The summed E-state index contributed by atoms with van der Waals surface area (Å²) in [5, 5.41) is 6.74. The van der Waals surface area contributed by atoms with E-state index in [0.29, 0.717) is 12.0 Å². The zero-order valence-electron chi connectivity index (χ0n) is 19.1. The molecule has 0 unspecified atom stereocenters. The number of aryl methyl sites for hydroxylation is 1. The SMILES string of the molecule is CCNC(=NCCS(=O)(=O)C(C)(C)C)NC1CCN(Cc2cccc(C)c2)CC1.I. The highest BCUT2D eigenvalue weighted by atomic mass is 127. The molecule has 0 atom stereocenters. The monoisotopic (exact) mass is 550 g/mol. The number of aliphatic imine (C=N–C) groups is 1. The molecule has 0 radical (unpaired) electrons. The number of nitrogens with zero attached hydrogens (tertiary/aromatic N) is 2. The third-order valence-electron chi connectivity index (χ3n) is 5.32. The van der Waals surface area contributed by atoms with E-state index >= 15 is 0 Å². The molecule has 1 aliphatic heterocycles. The molecule has 0 spiro atoms. The topological polar surface area (TPSA) is 73.8 Å². The van der Waals surface area contributed by atoms with E-state index in [2.05, 4.69) is 51.7 Å². The summed E-state index contributed by atoms with van der Waals surface area (Å²) in [7, 11) is -3.15. The predicted octanol–water partition coefficient (Wildman–Crippen LogP) is 3.35. The third-order valence-corrected chi connectivity index (χ3v) is 7.91. The van der Waals surface area contributed by atoms with E-state index in [0.717, 1.165) is 39.0 Å². The number of likely N-dealkylation sites (tertiary alicyclic amines) is 1. The molecule has 6 nitrogen and oxygen atoms in total. The highest BCUT2D eigenvalue weighted by Crippen LogP contribution is 2.16. The van der Waals surface area contributed by atoms with E-state index in [1.807, 2.05) is 6.92 Å². The Kier molecular flexibility index (Phi) is 11.1. The molecule has 1 aromatic carbocycles. The first kappa shape index (κ1) is 27.2. The second kappa shape index (κ2) is 12.2. The lowest BCUT2D eigenvalue weighted by Crippen LogP contribution is -2.48. The van der Waals surface area contributed by atoms with Crippen LogP contribution in [0.2, 0.25) is 0 Å². The minimum atomic E-state index is -3.15. The first-order valence-corrected chi connectivity index (χ1v) is 12.3. The van der Waals surface area contributed by atoms with Gasteiger partial charge in [-0.25, -0.2) is 8.42 Å². The van der Waals surface area contributed by atoms with Crippen molar-refractivity contribution in [2.45, 2.75) is 64.8 Å². The summed E-state index contributed by atoms with van der Waals surface area (Å²) in [6, 6.07) is 9.07. The predicted molar refractivity (Wildman–Crippen MR) is 138 cm³/mol. The van der Waals surface area contributed by atoms with Crippen molar-refractivity contribution in [1.29, 1.82) is 0 Å². The van der Waals surface area contributed by atoms with Crippen LogP contribution >= 0.6 is 24.0 Å². The number of rotatable bonds is 7. The van der Waals surface area contributed by atoms with Crippen molar-refractivity contribution in [3.8, 4) is 0 Å². The van der Waals surface area contributed by atoms with Crippen LogP contribution in [-0.4, -0.2) is 62.0 Å². The fraction of sp³-hybridized carbons (Fsp3) is 0.682. The summed E-state index contributed by atoms with van der Waals surface area (Å²) in [6.07, 6.45) is 2.10. The van der Waals surface area contributed by atoms with E-state index in [1.54, 1.807) is 20.8 Å². The summed E-state index contributed by atoms with van der Waals surface area (Å²) < 4.78 is 23.8. The third kappa shape index (κ3) is 8.70. The molecule has 1 saturated heterocycles. The van der Waals surface area contributed by atoms with Gasteiger partial charge in [-0.3, -0.25) is 9.89 Å². The van der Waals surface area contributed by atoms with E-state index in [-0.39, 0.29) is 36.3 Å². The standard InChI is InChI=1S/C22H38N4O2S.HI/c1-6-23-21(24-12-15-29(27,28)22(3,4)5)25-20-10-13-26(14-11-20)17-19-9-7-8-18(2)16-19;/h7-9,16,20H,6,10-15,17H2,1-5H3,(H2,23,24,25);1H. The molecule has 2 rings (SSSR count). The summed E-state index contributed by atoms with van der Waals surface area (Å²) in [5.41, 5.74) is 2.67. The average Bonchev–Trinajstić information content (AvgIpc) is 2.62. The number of benzene rings is 1. The Morgan fingerprint density at radius 1 is 1.23 bits per heavy atom. The number of sulfone groups is 1. The summed E-state index contributed by atoms with van der Waals surface area (Å²) in [5.74, 6) is 0.788. The average molecular weight is 551 g/mol.